The van der Waals surface area contributed by atoms with Crippen molar-refractivity contribution >= 4 is 11.8 Å². The number of hydrogen-bond acceptors (Lipinski definition) is 6. The Labute approximate surface area is 133 Å². The highest BCUT2D eigenvalue weighted by Gasteiger charge is 2.09. The molecule has 0 radical (unpaired) electrons. The van der Waals surface area contributed by atoms with E-state index in [1.807, 2.05) is 18.3 Å². The molecule has 2 rings (SSSR count). The number of nitrogens with zero attached hydrogens (tertiary/aromatic N) is 2. The van der Waals surface area contributed by atoms with Crippen LogP contribution in [0.5, 0.6) is 5.75 Å². The van der Waals surface area contributed by atoms with Crippen molar-refractivity contribution in [2.24, 2.45) is 0 Å². The van der Waals surface area contributed by atoms with E-state index in [9.17, 15) is 4.79 Å². The van der Waals surface area contributed by atoms with Gasteiger partial charge in [-0.25, -0.2) is 0 Å². The van der Waals surface area contributed by atoms with Crippen LogP contribution in [0.15, 0.2) is 46.5 Å². The van der Waals surface area contributed by atoms with Crippen molar-refractivity contribution in [3.8, 4) is 5.75 Å². The summed E-state index contributed by atoms with van der Waals surface area (Å²) >= 11 is 1.59. The fourth-order valence-electron chi connectivity index (χ4n) is 1.77. The summed E-state index contributed by atoms with van der Waals surface area (Å²) in [6.45, 7) is 0.197. The molecule has 7 heteroatoms. The van der Waals surface area contributed by atoms with Crippen LogP contribution in [0.2, 0.25) is 0 Å². The Morgan fingerprint density at radius 2 is 2.18 bits per heavy atom. The predicted molar refractivity (Wildman–Crippen MR) is 84.0 cm³/mol. The SMILES string of the molecule is COCOc1cc(SCc2cccnc2)cn(COC)c1=O. The first-order valence-corrected chi connectivity index (χ1v) is 7.60. The zero-order valence-electron chi connectivity index (χ0n) is 12.5. The summed E-state index contributed by atoms with van der Waals surface area (Å²) in [5.41, 5.74) is 0.862. The lowest BCUT2D eigenvalue weighted by molar-refractivity contribution is 0.0483. The fraction of sp³-hybridized carbons (Fsp3) is 0.333. The van der Waals surface area contributed by atoms with Crippen LogP contribution in [0.4, 0.5) is 0 Å². The largest absolute Gasteiger partial charge is 0.462 e. The molecule has 2 aromatic heterocycles. The van der Waals surface area contributed by atoms with E-state index in [4.69, 9.17) is 14.2 Å². The van der Waals surface area contributed by atoms with Crippen LogP contribution < -0.4 is 10.3 Å². The van der Waals surface area contributed by atoms with E-state index < -0.39 is 0 Å². The van der Waals surface area contributed by atoms with Gasteiger partial charge in [-0.15, -0.1) is 11.8 Å². The van der Waals surface area contributed by atoms with Crippen LogP contribution in [0.3, 0.4) is 0 Å². The molecule has 0 fully saturated rings. The molecule has 0 aromatic carbocycles. The van der Waals surface area contributed by atoms with Crippen LogP contribution in [0.25, 0.3) is 0 Å². The van der Waals surface area contributed by atoms with Gasteiger partial charge in [0.2, 0.25) is 0 Å². The number of rotatable bonds is 8. The molecule has 2 heterocycles. The van der Waals surface area contributed by atoms with Crippen molar-refractivity contribution in [3.05, 3.63) is 52.7 Å². The summed E-state index contributed by atoms with van der Waals surface area (Å²) in [6.07, 6.45) is 5.32. The quantitative estimate of drug-likeness (QED) is 0.548. The van der Waals surface area contributed by atoms with Gasteiger partial charge in [-0.1, -0.05) is 6.07 Å². The second-order valence-electron chi connectivity index (χ2n) is 4.43. The van der Waals surface area contributed by atoms with Gasteiger partial charge in [0, 0.05) is 49.5 Å². The Morgan fingerprint density at radius 1 is 1.32 bits per heavy atom. The molecule has 0 bridgehead atoms. The molecule has 0 unspecified atom stereocenters. The zero-order chi connectivity index (χ0) is 15.8. The summed E-state index contributed by atoms with van der Waals surface area (Å²) in [7, 11) is 3.05. The summed E-state index contributed by atoms with van der Waals surface area (Å²) in [6, 6.07) is 5.62. The summed E-state index contributed by atoms with van der Waals surface area (Å²) < 4.78 is 16.7. The average Bonchev–Trinajstić information content (AvgIpc) is 2.55. The molecule has 22 heavy (non-hydrogen) atoms. The number of thioether (sulfide) groups is 1. The molecular formula is C15H18N2O4S. The Hall–Kier alpha value is -1.83. The molecule has 0 spiro atoms. The Bertz CT molecular complexity index is 646. The van der Waals surface area contributed by atoms with Gasteiger partial charge in [0.05, 0.1) is 0 Å². The van der Waals surface area contributed by atoms with Crippen LogP contribution >= 0.6 is 11.8 Å². The molecule has 0 aliphatic rings. The van der Waals surface area contributed by atoms with Crippen molar-refractivity contribution in [2.75, 3.05) is 21.0 Å². The maximum absolute atomic E-state index is 12.2. The third kappa shape index (κ3) is 4.59. The van der Waals surface area contributed by atoms with Crippen LogP contribution in [-0.2, 0) is 22.0 Å². The Morgan fingerprint density at radius 3 is 2.86 bits per heavy atom. The Kier molecular flexibility index (Phi) is 6.45. The molecule has 2 aromatic rings. The molecule has 118 valence electrons. The lowest BCUT2D eigenvalue weighted by Gasteiger charge is -2.11. The minimum absolute atomic E-state index is 0.0267. The van der Waals surface area contributed by atoms with Crippen LogP contribution in [0, 0.1) is 0 Å². The molecular weight excluding hydrogens is 304 g/mol. The number of hydrogen-bond donors (Lipinski definition) is 0. The monoisotopic (exact) mass is 322 g/mol. The van der Waals surface area contributed by atoms with Gasteiger partial charge in [-0.05, 0) is 11.6 Å². The van der Waals surface area contributed by atoms with Crippen LogP contribution in [-0.4, -0.2) is 30.6 Å². The summed E-state index contributed by atoms with van der Waals surface area (Å²) in [5.74, 6) is 0.998. The Balaban J connectivity index is 2.18. The molecule has 6 nitrogen and oxygen atoms in total. The van der Waals surface area contributed by atoms with Gasteiger partial charge in [0.15, 0.2) is 12.5 Å². The zero-order valence-corrected chi connectivity index (χ0v) is 13.3. The average molecular weight is 322 g/mol. The third-order valence-electron chi connectivity index (χ3n) is 2.76. The predicted octanol–water partition coefficient (Wildman–Crippen LogP) is 2.12. The van der Waals surface area contributed by atoms with E-state index in [1.165, 1.54) is 18.8 Å². The fourth-order valence-corrected chi connectivity index (χ4v) is 2.67. The summed E-state index contributed by atoms with van der Waals surface area (Å²) in [5, 5.41) is 0. The first-order chi connectivity index (χ1) is 10.7. The smallest absolute Gasteiger partial charge is 0.294 e. The van der Waals surface area contributed by atoms with Gasteiger partial charge in [0.1, 0.15) is 6.73 Å². The second kappa shape index (κ2) is 8.57. The number of ether oxygens (including phenoxy) is 3. The molecule has 0 aliphatic carbocycles. The van der Waals surface area contributed by atoms with E-state index in [0.29, 0.717) is 0 Å². The third-order valence-corrected chi connectivity index (χ3v) is 3.79. The van der Waals surface area contributed by atoms with Crippen LogP contribution in [0.1, 0.15) is 5.56 Å². The molecule has 0 saturated carbocycles. The molecule has 0 atom stereocenters. The normalized spacial score (nSPS) is 10.6. The highest BCUT2D eigenvalue weighted by Crippen LogP contribution is 2.24. The highest BCUT2D eigenvalue weighted by atomic mass is 32.2. The molecule has 0 aliphatic heterocycles. The topological polar surface area (TPSA) is 62.6 Å². The number of aromatic nitrogens is 2. The summed E-state index contributed by atoms with van der Waals surface area (Å²) in [4.78, 5) is 17.2. The van der Waals surface area contributed by atoms with Gasteiger partial charge >= 0.3 is 0 Å². The first-order valence-electron chi connectivity index (χ1n) is 6.61. The lowest BCUT2D eigenvalue weighted by atomic mass is 10.3. The maximum atomic E-state index is 12.2. The highest BCUT2D eigenvalue weighted by molar-refractivity contribution is 7.98. The van der Waals surface area contributed by atoms with E-state index >= 15 is 0 Å². The van der Waals surface area contributed by atoms with Crippen molar-refractivity contribution in [3.63, 3.8) is 0 Å². The standard InChI is InChI=1S/C15H18N2O4S/c1-19-10-17-8-13(6-14(15(17)18)21-11-20-2)22-9-12-4-3-5-16-7-12/h3-8H,9-11H2,1-2H3. The van der Waals surface area contributed by atoms with Crippen molar-refractivity contribution in [2.45, 2.75) is 17.4 Å². The number of methoxy groups -OCH3 is 2. The first kappa shape index (κ1) is 16.5. The van der Waals surface area contributed by atoms with E-state index in [2.05, 4.69) is 4.98 Å². The number of pyridine rings is 2. The van der Waals surface area contributed by atoms with E-state index in [1.54, 1.807) is 30.2 Å². The van der Waals surface area contributed by atoms with Gasteiger partial charge in [-0.3, -0.25) is 14.3 Å². The van der Waals surface area contributed by atoms with Gasteiger partial charge < -0.3 is 14.2 Å². The van der Waals surface area contributed by atoms with E-state index in [-0.39, 0.29) is 24.8 Å². The van der Waals surface area contributed by atoms with Gasteiger partial charge in [0.25, 0.3) is 5.56 Å². The molecule has 0 N–H and O–H groups in total. The van der Waals surface area contributed by atoms with Gasteiger partial charge in [-0.2, -0.15) is 0 Å². The van der Waals surface area contributed by atoms with Crippen molar-refractivity contribution < 1.29 is 14.2 Å². The van der Waals surface area contributed by atoms with E-state index in [0.717, 1.165) is 16.2 Å². The second-order valence-corrected chi connectivity index (χ2v) is 5.48. The molecule has 0 amide bonds. The minimum atomic E-state index is -0.246. The minimum Gasteiger partial charge on any atom is -0.462 e. The maximum Gasteiger partial charge on any atom is 0.294 e. The molecule has 0 saturated heterocycles. The van der Waals surface area contributed by atoms with Crippen molar-refractivity contribution in [1.29, 1.82) is 0 Å². The lowest BCUT2D eigenvalue weighted by Crippen LogP contribution is -2.23. The van der Waals surface area contributed by atoms with Crippen molar-refractivity contribution in [1.82, 2.24) is 9.55 Å².